The molecule has 1 aliphatic carbocycles. The monoisotopic (exact) mass is 327 g/mol. The molecule has 0 saturated carbocycles. The topological polar surface area (TPSA) is 12.9 Å². The van der Waals surface area contributed by atoms with Gasteiger partial charge in [0.1, 0.15) is 0 Å². The average molecular weight is 328 g/mol. The summed E-state index contributed by atoms with van der Waals surface area (Å²) in [7, 11) is 0. The van der Waals surface area contributed by atoms with E-state index in [0.29, 0.717) is 0 Å². The van der Waals surface area contributed by atoms with Crippen LogP contribution in [-0.2, 0) is 12.8 Å². The summed E-state index contributed by atoms with van der Waals surface area (Å²) in [5.74, 6) is 0. The first-order valence-corrected chi connectivity index (χ1v) is 8.35. The Kier molecular flexibility index (Phi) is 3.56. The summed E-state index contributed by atoms with van der Waals surface area (Å²) < 4.78 is 0. The minimum absolute atomic E-state index is 0.735. The van der Waals surface area contributed by atoms with Crippen molar-refractivity contribution in [3.8, 4) is 11.1 Å². The molecule has 0 spiro atoms. The van der Waals surface area contributed by atoms with E-state index in [4.69, 9.17) is 28.2 Å². The molecular formula is C19H15Cl2N. The number of hydrogen-bond acceptors (Lipinski definition) is 1. The Morgan fingerprint density at radius 3 is 2.59 bits per heavy atom. The average Bonchev–Trinajstić information content (AvgIpc) is 2.54. The van der Waals surface area contributed by atoms with Gasteiger partial charge in [0.2, 0.25) is 0 Å². The molecule has 1 heterocycles. The zero-order valence-corrected chi connectivity index (χ0v) is 13.6. The second kappa shape index (κ2) is 5.57. The summed E-state index contributed by atoms with van der Waals surface area (Å²) in [6.45, 7) is 0. The number of halogens is 2. The van der Waals surface area contributed by atoms with Gasteiger partial charge in [-0.2, -0.15) is 0 Å². The lowest BCUT2D eigenvalue weighted by atomic mass is 9.87. The summed E-state index contributed by atoms with van der Waals surface area (Å²) in [4.78, 5) is 4.87. The number of aromatic nitrogens is 1. The molecule has 0 amide bonds. The van der Waals surface area contributed by atoms with E-state index in [1.165, 1.54) is 29.7 Å². The van der Waals surface area contributed by atoms with Gasteiger partial charge in [-0.3, -0.25) is 4.98 Å². The van der Waals surface area contributed by atoms with Crippen LogP contribution in [0.5, 0.6) is 0 Å². The Morgan fingerprint density at radius 2 is 1.73 bits per heavy atom. The normalized spacial score (nSPS) is 14.1. The number of rotatable bonds is 1. The fourth-order valence-electron chi connectivity index (χ4n) is 3.37. The SMILES string of the molecule is Clc1ccc2nc3c(c(-c4ccccc4Cl)c2c1)CCCC3. The first-order valence-electron chi connectivity index (χ1n) is 7.60. The predicted octanol–water partition coefficient (Wildman–Crippen LogP) is 6.09. The molecule has 110 valence electrons. The van der Waals surface area contributed by atoms with Gasteiger partial charge in [0.15, 0.2) is 0 Å². The van der Waals surface area contributed by atoms with E-state index in [1.54, 1.807) is 0 Å². The molecule has 0 N–H and O–H groups in total. The quantitative estimate of drug-likeness (QED) is 0.527. The van der Waals surface area contributed by atoms with E-state index < -0.39 is 0 Å². The third kappa shape index (κ3) is 2.29. The molecule has 0 saturated heterocycles. The fraction of sp³-hybridized carbons (Fsp3) is 0.211. The Morgan fingerprint density at radius 1 is 0.909 bits per heavy atom. The number of aryl methyl sites for hydroxylation is 1. The molecule has 0 bridgehead atoms. The van der Waals surface area contributed by atoms with E-state index in [9.17, 15) is 0 Å². The Labute approximate surface area is 139 Å². The van der Waals surface area contributed by atoms with Crippen molar-refractivity contribution in [2.45, 2.75) is 25.7 Å². The lowest BCUT2D eigenvalue weighted by Crippen LogP contribution is -2.08. The standard InChI is InChI=1S/C19H15Cl2N/c20-12-9-10-18-15(11-12)19(13-5-1-3-7-16(13)21)14-6-2-4-8-17(14)22-18/h1,3,5,7,9-11H,2,4,6,8H2. The van der Waals surface area contributed by atoms with Crippen LogP contribution in [0.2, 0.25) is 10.0 Å². The van der Waals surface area contributed by atoms with Crippen molar-refractivity contribution in [3.63, 3.8) is 0 Å². The van der Waals surface area contributed by atoms with Crippen LogP contribution in [0, 0.1) is 0 Å². The van der Waals surface area contributed by atoms with Crippen LogP contribution in [0.25, 0.3) is 22.0 Å². The molecule has 0 atom stereocenters. The first kappa shape index (κ1) is 14.0. The molecule has 0 aliphatic heterocycles. The van der Waals surface area contributed by atoms with E-state index >= 15 is 0 Å². The van der Waals surface area contributed by atoms with Crippen LogP contribution < -0.4 is 0 Å². The maximum atomic E-state index is 6.49. The van der Waals surface area contributed by atoms with Crippen molar-refractivity contribution in [2.24, 2.45) is 0 Å². The van der Waals surface area contributed by atoms with Crippen LogP contribution in [0.15, 0.2) is 42.5 Å². The van der Waals surface area contributed by atoms with Crippen LogP contribution in [0.1, 0.15) is 24.1 Å². The van der Waals surface area contributed by atoms with Crippen LogP contribution >= 0.6 is 23.2 Å². The Bertz CT molecular complexity index is 871. The van der Waals surface area contributed by atoms with Crippen LogP contribution in [0.3, 0.4) is 0 Å². The van der Waals surface area contributed by atoms with Gasteiger partial charge in [0.05, 0.1) is 5.52 Å². The maximum Gasteiger partial charge on any atom is 0.0712 e. The van der Waals surface area contributed by atoms with Gasteiger partial charge in [-0.05, 0) is 61.1 Å². The molecule has 0 fully saturated rings. The second-order valence-electron chi connectivity index (χ2n) is 5.76. The highest BCUT2D eigenvalue weighted by atomic mass is 35.5. The molecular weight excluding hydrogens is 313 g/mol. The lowest BCUT2D eigenvalue weighted by molar-refractivity contribution is 0.672. The highest BCUT2D eigenvalue weighted by molar-refractivity contribution is 6.34. The number of benzene rings is 2. The second-order valence-corrected chi connectivity index (χ2v) is 6.60. The van der Waals surface area contributed by atoms with Crippen molar-refractivity contribution >= 4 is 34.1 Å². The smallest absolute Gasteiger partial charge is 0.0712 e. The van der Waals surface area contributed by atoms with Gasteiger partial charge in [0.25, 0.3) is 0 Å². The molecule has 4 rings (SSSR count). The fourth-order valence-corrected chi connectivity index (χ4v) is 3.77. The molecule has 1 aromatic heterocycles. The number of fused-ring (bicyclic) bond motifs is 2. The molecule has 22 heavy (non-hydrogen) atoms. The van der Waals surface area contributed by atoms with Crippen LogP contribution in [0.4, 0.5) is 0 Å². The minimum Gasteiger partial charge on any atom is -0.253 e. The first-order chi connectivity index (χ1) is 10.7. The largest absolute Gasteiger partial charge is 0.253 e. The Balaban J connectivity index is 2.14. The van der Waals surface area contributed by atoms with Crippen molar-refractivity contribution < 1.29 is 0 Å². The zero-order valence-electron chi connectivity index (χ0n) is 12.1. The van der Waals surface area contributed by atoms with Crippen molar-refractivity contribution in [1.29, 1.82) is 0 Å². The van der Waals surface area contributed by atoms with Crippen LogP contribution in [-0.4, -0.2) is 4.98 Å². The van der Waals surface area contributed by atoms with E-state index in [0.717, 1.165) is 39.4 Å². The molecule has 3 heteroatoms. The molecule has 2 aromatic carbocycles. The highest BCUT2D eigenvalue weighted by Gasteiger charge is 2.20. The number of pyridine rings is 1. The number of nitrogens with zero attached hydrogens (tertiary/aromatic N) is 1. The summed E-state index contributed by atoms with van der Waals surface area (Å²) in [6, 6.07) is 14.0. The maximum absolute atomic E-state index is 6.49. The van der Waals surface area contributed by atoms with E-state index in [1.807, 2.05) is 36.4 Å². The van der Waals surface area contributed by atoms with E-state index in [2.05, 4.69) is 6.07 Å². The van der Waals surface area contributed by atoms with Gasteiger partial charge in [0, 0.05) is 26.7 Å². The Hall–Kier alpha value is -1.57. The van der Waals surface area contributed by atoms with Crippen molar-refractivity contribution in [1.82, 2.24) is 4.98 Å². The summed E-state index contributed by atoms with van der Waals surface area (Å²) in [5, 5.41) is 2.61. The predicted molar refractivity (Wildman–Crippen MR) is 93.8 cm³/mol. The van der Waals surface area contributed by atoms with Crippen molar-refractivity contribution in [2.75, 3.05) is 0 Å². The summed E-state index contributed by atoms with van der Waals surface area (Å²) >= 11 is 12.7. The van der Waals surface area contributed by atoms with Gasteiger partial charge in [-0.25, -0.2) is 0 Å². The molecule has 0 radical (unpaired) electrons. The third-order valence-electron chi connectivity index (χ3n) is 4.37. The molecule has 3 aromatic rings. The van der Waals surface area contributed by atoms with Crippen molar-refractivity contribution in [3.05, 3.63) is 63.8 Å². The molecule has 1 nitrogen and oxygen atoms in total. The third-order valence-corrected chi connectivity index (χ3v) is 4.93. The highest BCUT2D eigenvalue weighted by Crippen LogP contribution is 2.40. The molecule has 1 aliphatic rings. The van der Waals surface area contributed by atoms with Gasteiger partial charge in [-0.1, -0.05) is 41.4 Å². The number of hydrogen-bond donors (Lipinski definition) is 0. The van der Waals surface area contributed by atoms with E-state index in [-0.39, 0.29) is 0 Å². The minimum atomic E-state index is 0.735. The zero-order chi connectivity index (χ0) is 15.1. The summed E-state index contributed by atoms with van der Waals surface area (Å²) in [5.41, 5.74) is 5.86. The lowest BCUT2D eigenvalue weighted by Gasteiger charge is -2.21. The van der Waals surface area contributed by atoms with Gasteiger partial charge < -0.3 is 0 Å². The van der Waals surface area contributed by atoms with Gasteiger partial charge >= 0.3 is 0 Å². The van der Waals surface area contributed by atoms with Gasteiger partial charge in [-0.15, -0.1) is 0 Å². The summed E-state index contributed by atoms with van der Waals surface area (Å²) in [6.07, 6.45) is 4.52. The molecule has 0 unspecified atom stereocenters.